The Kier molecular flexibility index (Phi) is 2.97. The second-order valence-corrected chi connectivity index (χ2v) is 4.18. The van der Waals surface area contributed by atoms with Crippen LogP contribution in [0.4, 0.5) is 0 Å². The number of rotatable bonds is 3. The van der Waals surface area contributed by atoms with E-state index in [1.54, 1.807) is 0 Å². The Bertz CT molecular complexity index is 644. The summed E-state index contributed by atoms with van der Waals surface area (Å²) < 4.78 is 5.74. The molecule has 0 saturated heterocycles. The van der Waals surface area contributed by atoms with E-state index >= 15 is 0 Å². The fraction of sp³-hybridized carbons (Fsp3) is 0.0588. The minimum absolute atomic E-state index is 0.579. The van der Waals surface area contributed by atoms with Gasteiger partial charge in [0.15, 0.2) is 0 Å². The lowest BCUT2D eigenvalue weighted by molar-refractivity contribution is 0.306. The molecule has 0 aliphatic carbocycles. The number of fused-ring (bicyclic) bond motifs is 1. The van der Waals surface area contributed by atoms with Gasteiger partial charge in [0.25, 0.3) is 0 Å². The summed E-state index contributed by atoms with van der Waals surface area (Å²) >= 11 is 0. The zero-order valence-electron chi connectivity index (χ0n) is 9.97. The molecule has 0 amide bonds. The fourth-order valence-corrected chi connectivity index (χ4v) is 1.92. The minimum Gasteiger partial charge on any atom is -0.488 e. The van der Waals surface area contributed by atoms with Gasteiger partial charge in [0.05, 0.1) is 0 Å². The molecule has 0 atom stereocenters. The zero-order chi connectivity index (χ0) is 12.2. The van der Waals surface area contributed by atoms with Crippen molar-refractivity contribution in [1.29, 1.82) is 0 Å². The minimum atomic E-state index is 0.579. The molecule has 87 valence electrons. The second-order valence-electron chi connectivity index (χ2n) is 4.18. The molecule has 1 radical (unpaired) electrons. The Balaban J connectivity index is 1.79. The molecule has 3 aromatic carbocycles. The van der Waals surface area contributed by atoms with Crippen LogP contribution in [0.1, 0.15) is 5.56 Å². The molecule has 0 saturated carbocycles. The molecule has 0 fully saturated rings. The second kappa shape index (κ2) is 4.92. The van der Waals surface area contributed by atoms with Gasteiger partial charge in [-0.1, -0.05) is 60.7 Å². The van der Waals surface area contributed by atoms with Crippen molar-refractivity contribution in [1.82, 2.24) is 0 Å². The largest absolute Gasteiger partial charge is 0.488 e. The summed E-state index contributed by atoms with van der Waals surface area (Å²) in [6.07, 6.45) is 0. The van der Waals surface area contributed by atoms with Crippen LogP contribution in [0.3, 0.4) is 0 Å². The molecule has 0 heterocycles. The number of benzene rings is 3. The van der Waals surface area contributed by atoms with Gasteiger partial charge in [0.1, 0.15) is 12.4 Å². The first-order chi connectivity index (χ1) is 8.92. The highest BCUT2D eigenvalue weighted by Crippen LogP contribution is 2.20. The van der Waals surface area contributed by atoms with E-state index in [4.69, 9.17) is 4.74 Å². The van der Waals surface area contributed by atoms with Crippen LogP contribution >= 0.6 is 0 Å². The summed E-state index contributed by atoms with van der Waals surface area (Å²) in [6, 6.07) is 25.6. The van der Waals surface area contributed by atoms with Crippen molar-refractivity contribution in [2.45, 2.75) is 6.61 Å². The summed E-state index contributed by atoms with van der Waals surface area (Å²) in [5.41, 5.74) is 1.17. The highest BCUT2D eigenvalue weighted by molar-refractivity contribution is 5.83. The van der Waals surface area contributed by atoms with E-state index in [1.165, 1.54) is 10.9 Å². The highest BCUT2D eigenvalue weighted by Gasteiger charge is 1.98. The van der Waals surface area contributed by atoms with Crippen LogP contribution in [0.25, 0.3) is 10.8 Å². The van der Waals surface area contributed by atoms with Gasteiger partial charge in [-0.3, -0.25) is 0 Å². The number of hydrogen-bond donors (Lipinski definition) is 0. The van der Waals surface area contributed by atoms with Gasteiger partial charge in [0.2, 0.25) is 0 Å². The van der Waals surface area contributed by atoms with Crippen molar-refractivity contribution in [3.8, 4) is 5.75 Å². The van der Waals surface area contributed by atoms with Crippen LogP contribution < -0.4 is 4.74 Å². The summed E-state index contributed by atoms with van der Waals surface area (Å²) in [6.45, 7) is 0.579. The van der Waals surface area contributed by atoms with Gasteiger partial charge in [-0.2, -0.15) is 0 Å². The molecule has 1 heteroatoms. The first-order valence-electron chi connectivity index (χ1n) is 6.00. The van der Waals surface area contributed by atoms with Crippen LogP contribution in [0.15, 0.2) is 66.7 Å². The Hall–Kier alpha value is -2.28. The average molecular weight is 233 g/mol. The normalized spacial score (nSPS) is 10.4. The number of hydrogen-bond acceptors (Lipinski definition) is 1. The van der Waals surface area contributed by atoms with E-state index in [-0.39, 0.29) is 0 Å². The highest BCUT2D eigenvalue weighted by atomic mass is 16.5. The van der Waals surface area contributed by atoms with E-state index < -0.39 is 0 Å². The Morgan fingerprint density at radius 1 is 0.778 bits per heavy atom. The third kappa shape index (κ3) is 2.35. The van der Waals surface area contributed by atoms with Crippen molar-refractivity contribution in [3.63, 3.8) is 0 Å². The van der Waals surface area contributed by atoms with Crippen molar-refractivity contribution in [3.05, 3.63) is 78.4 Å². The fourth-order valence-electron chi connectivity index (χ4n) is 1.92. The maximum Gasteiger partial charge on any atom is 0.128 e. The molecular weight excluding hydrogens is 220 g/mol. The molecule has 3 aromatic rings. The molecule has 3 rings (SSSR count). The van der Waals surface area contributed by atoms with Crippen LogP contribution in [-0.4, -0.2) is 0 Å². The topological polar surface area (TPSA) is 9.23 Å². The van der Waals surface area contributed by atoms with E-state index in [0.717, 1.165) is 11.1 Å². The van der Waals surface area contributed by atoms with Gasteiger partial charge >= 0.3 is 0 Å². The molecule has 0 N–H and O–H groups in total. The third-order valence-corrected chi connectivity index (χ3v) is 2.87. The molecular formula is C17H13O. The summed E-state index contributed by atoms with van der Waals surface area (Å²) in [7, 11) is 0. The summed E-state index contributed by atoms with van der Waals surface area (Å²) in [5, 5.41) is 2.27. The maximum absolute atomic E-state index is 5.74. The molecule has 0 aliphatic heterocycles. The Labute approximate surface area is 107 Å². The van der Waals surface area contributed by atoms with E-state index in [9.17, 15) is 0 Å². The predicted molar refractivity (Wildman–Crippen MR) is 73.6 cm³/mol. The van der Waals surface area contributed by atoms with Gasteiger partial charge in [0, 0.05) is 6.07 Å². The Morgan fingerprint density at radius 3 is 2.44 bits per heavy atom. The third-order valence-electron chi connectivity index (χ3n) is 2.87. The summed E-state index contributed by atoms with van der Waals surface area (Å²) in [5.74, 6) is 0.789. The van der Waals surface area contributed by atoms with Gasteiger partial charge < -0.3 is 4.74 Å². The van der Waals surface area contributed by atoms with Crippen LogP contribution in [0.2, 0.25) is 0 Å². The average Bonchev–Trinajstić information content (AvgIpc) is 2.46. The zero-order valence-corrected chi connectivity index (χ0v) is 9.97. The van der Waals surface area contributed by atoms with Crippen molar-refractivity contribution in [2.75, 3.05) is 0 Å². The SMILES string of the molecule is [c]1c(OCc2ccccc2)ccc2ccccc12. The first-order valence-corrected chi connectivity index (χ1v) is 6.00. The van der Waals surface area contributed by atoms with Gasteiger partial charge in [-0.15, -0.1) is 0 Å². The van der Waals surface area contributed by atoms with Crippen LogP contribution in [0, 0.1) is 6.07 Å². The monoisotopic (exact) mass is 233 g/mol. The summed E-state index contributed by atoms with van der Waals surface area (Å²) in [4.78, 5) is 0. The molecule has 18 heavy (non-hydrogen) atoms. The van der Waals surface area contributed by atoms with Crippen LogP contribution in [0.5, 0.6) is 5.75 Å². The van der Waals surface area contributed by atoms with E-state index in [2.05, 4.69) is 30.3 Å². The molecule has 0 unspecified atom stereocenters. The Morgan fingerprint density at radius 2 is 1.56 bits per heavy atom. The smallest absolute Gasteiger partial charge is 0.128 e. The maximum atomic E-state index is 5.74. The van der Waals surface area contributed by atoms with Gasteiger partial charge in [-0.25, -0.2) is 0 Å². The lowest BCUT2D eigenvalue weighted by Crippen LogP contribution is -1.94. The molecule has 0 bridgehead atoms. The van der Waals surface area contributed by atoms with E-state index in [0.29, 0.717) is 6.61 Å². The molecule has 0 spiro atoms. The molecule has 0 aliphatic rings. The quantitative estimate of drug-likeness (QED) is 0.658. The van der Waals surface area contributed by atoms with Crippen LogP contribution in [-0.2, 0) is 6.61 Å². The van der Waals surface area contributed by atoms with Crippen molar-refractivity contribution < 1.29 is 4.74 Å². The molecule has 0 aromatic heterocycles. The van der Waals surface area contributed by atoms with Crippen molar-refractivity contribution >= 4 is 10.8 Å². The van der Waals surface area contributed by atoms with E-state index in [1.807, 2.05) is 42.5 Å². The first kappa shape index (κ1) is 10.8. The van der Waals surface area contributed by atoms with Gasteiger partial charge in [-0.05, 0) is 22.4 Å². The predicted octanol–water partition coefficient (Wildman–Crippen LogP) is 4.22. The lowest BCUT2D eigenvalue weighted by atomic mass is 10.1. The lowest BCUT2D eigenvalue weighted by Gasteiger charge is -2.06. The van der Waals surface area contributed by atoms with Crippen molar-refractivity contribution in [2.24, 2.45) is 0 Å². The standard InChI is InChI=1S/C17H13O/c1-2-6-14(7-3-1)13-18-17-11-10-15-8-4-5-9-16(15)12-17/h1-11H,13H2. The molecule has 1 nitrogen and oxygen atoms in total. The number of ether oxygens (including phenoxy) is 1.